The van der Waals surface area contributed by atoms with Crippen molar-refractivity contribution < 1.29 is 24.2 Å². The first-order valence-electron chi connectivity index (χ1n) is 12.6. The van der Waals surface area contributed by atoms with Gasteiger partial charge < -0.3 is 20.5 Å². The molecule has 0 saturated heterocycles. The van der Waals surface area contributed by atoms with Gasteiger partial charge in [0.15, 0.2) is 0 Å². The largest absolute Gasteiger partial charge is 0.481 e. The van der Waals surface area contributed by atoms with Gasteiger partial charge in [0.2, 0.25) is 5.91 Å². The molecule has 35 heavy (non-hydrogen) atoms. The molecule has 1 unspecified atom stereocenters. The Morgan fingerprint density at radius 2 is 1.60 bits per heavy atom. The Morgan fingerprint density at radius 1 is 0.943 bits per heavy atom. The van der Waals surface area contributed by atoms with Crippen molar-refractivity contribution in [2.24, 2.45) is 5.92 Å². The number of amides is 2. The van der Waals surface area contributed by atoms with Gasteiger partial charge in [0.25, 0.3) is 0 Å². The number of ether oxygens (including phenoxy) is 1. The van der Waals surface area contributed by atoms with E-state index in [1.165, 1.54) is 22.3 Å². The highest BCUT2D eigenvalue weighted by Gasteiger charge is 2.32. The SMILES string of the molecule is O=C(O)CCCCCNC(=O)CC(NC(=O)OCC1c2ccccc2-c2ccccc21)C1CCC1. The van der Waals surface area contributed by atoms with Gasteiger partial charge in [-0.25, -0.2) is 4.79 Å². The molecule has 2 aromatic carbocycles. The van der Waals surface area contributed by atoms with Crippen molar-refractivity contribution in [2.45, 2.75) is 63.3 Å². The third-order valence-electron chi connectivity index (χ3n) is 7.16. The van der Waals surface area contributed by atoms with Crippen LogP contribution in [-0.2, 0) is 14.3 Å². The van der Waals surface area contributed by atoms with E-state index in [0.29, 0.717) is 13.0 Å². The summed E-state index contributed by atoms with van der Waals surface area (Å²) in [7, 11) is 0. The Bertz CT molecular complexity index is 1000. The molecular weight excluding hydrogens is 444 g/mol. The molecule has 0 aliphatic heterocycles. The number of benzene rings is 2. The minimum Gasteiger partial charge on any atom is -0.481 e. The number of unbranched alkanes of at least 4 members (excludes halogenated alkanes) is 2. The molecule has 0 bridgehead atoms. The van der Waals surface area contributed by atoms with E-state index < -0.39 is 12.1 Å². The van der Waals surface area contributed by atoms with Gasteiger partial charge in [0.1, 0.15) is 6.61 Å². The number of carbonyl (C=O) groups is 3. The highest BCUT2D eigenvalue weighted by Crippen LogP contribution is 2.44. The number of hydrogen-bond donors (Lipinski definition) is 3. The monoisotopic (exact) mass is 478 g/mol. The van der Waals surface area contributed by atoms with E-state index >= 15 is 0 Å². The van der Waals surface area contributed by atoms with E-state index in [0.717, 1.165) is 32.1 Å². The topological polar surface area (TPSA) is 105 Å². The summed E-state index contributed by atoms with van der Waals surface area (Å²) in [4.78, 5) is 35.8. The Kier molecular flexibility index (Phi) is 8.40. The van der Waals surface area contributed by atoms with Gasteiger partial charge >= 0.3 is 12.1 Å². The summed E-state index contributed by atoms with van der Waals surface area (Å²) in [5.74, 6) is -0.604. The van der Waals surface area contributed by atoms with Gasteiger partial charge in [-0.2, -0.15) is 0 Å². The molecule has 0 aromatic heterocycles. The lowest BCUT2D eigenvalue weighted by atomic mass is 9.78. The fourth-order valence-electron chi connectivity index (χ4n) is 5.05. The number of aliphatic carboxylic acids is 1. The first-order valence-corrected chi connectivity index (χ1v) is 12.6. The number of carbonyl (C=O) groups excluding carboxylic acids is 2. The second-order valence-electron chi connectivity index (χ2n) is 9.53. The van der Waals surface area contributed by atoms with Gasteiger partial charge in [-0.05, 0) is 53.9 Å². The second-order valence-corrected chi connectivity index (χ2v) is 9.53. The molecule has 1 fully saturated rings. The van der Waals surface area contributed by atoms with Gasteiger partial charge in [0, 0.05) is 31.3 Å². The van der Waals surface area contributed by atoms with Crippen LogP contribution in [0.25, 0.3) is 11.1 Å². The van der Waals surface area contributed by atoms with Crippen LogP contribution in [0.1, 0.15) is 68.4 Å². The maximum atomic E-state index is 12.7. The molecule has 3 N–H and O–H groups in total. The zero-order chi connectivity index (χ0) is 24.6. The van der Waals surface area contributed by atoms with E-state index in [-0.39, 0.29) is 43.2 Å². The molecule has 2 aromatic rings. The van der Waals surface area contributed by atoms with E-state index in [4.69, 9.17) is 9.84 Å². The molecule has 1 saturated carbocycles. The molecule has 0 heterocycles. The molecule has 0 radical (unpaired) electrons. The number of carboxylic acids is 1. The lowest BCUT2D eigenvalue weighted by Gasteiger charge is -2.33. The van der Waals surface area contributed by atoms with Crippen LogP contribution in [0.4, 0.5) is 4.79 Å². The zero-order valence-electron chi connectivity index (χ0n) is 20.0. The normalized spacial score (nSPS) is 15.4. The standard InChI is InChI=1S/C28H34N2O5/c31-26(29-16-7-1-2-15-27(32)33)17-25(19-9-8-10-19)30-28(34)35-18-24-22-13-5-3-11-20(22)21-12-4-6-14-23(21)24/h3-6,11-14,19,24-25H,1-2,7-10,15-18H2,(H,29,31)(H,30,34)(H,32,33). The van der Waals surface area contributed by atoms with Crippen LogP contribution in [0.3, 0.4) is 0 Å². The van der Waals surface area contributed by atoms with E-state index in [1.54, 1.807) is 0 Å². The predicted octanol–water partition coefficient (Wildman–Crippen LogP) is 4.85. The van der Waals surface area contributed by atoms with Gasteiger partial charge in [-0.1, -0.05) is 61.4 Å². The first-order chi connectivity index (χ1) is 17.0. The van der Waals surface area contributed by atoms with Crippen LogP contribution in [-0.4, -0.2) is 42.3 Å². The van der Waals surface area contributed by atoms with Crippen molar-refractivity contribution in [3.8, 4) is 11.1 Å². The molecule has 1 atom stereocenters. The third kappa shape index (κ3) is 6.41. The van der Waals surface area contributed by atoms with E-state index in [9.17, 15) is 14.4 Å². The molecular formula is C28H34N2O5. The van der Waals surface area contributed by atoms with E-state index in [2.05, 4.69) is 34.9 Å². The van der Waals surface area contributed by atoms with Crippen LogP contribution in [0, 0.1) is 5.92 Å². The maximum Gasteiger partial charge on any atom is 0.407 e. The summed E-state index contributed by atoms with van der Waals surface area (Å²) in [5, 5.41) is 14.5. The van der Waals surface area contributed by atoms with Gasteiger partial charge in [-0.15, -0.1) is 0 Å². The molecule has 2 aliphatic carbocycles. The summed E-state index contributed by atoms with van der Waals surface area (Å²) < 4.78 is 5.69. The molecule has 0 spiro atoms. The fourth-order valence-corrected chi connectivity index (χ4v) is 5.05. The summed E-state index contributed by atoms with van der Waals surface area (Å²) in [6.07, 6.45) is 5.12. The first kappa shape index (κ1) is 24.8. The van der Waals surface area contributed by atoms with Crippen LogP contribution >= 0.6 is 0 Å². The van der Waals surface area contributed by atoms with Crippen LogP contribution < -0.4 is 10.6 Å². The van der Waals surface area contributed by atoms with Crippen molar-refractivity contribution in [1.82, 2.24) is 10.6 Å². The smallest absolute Gasteiger partial charge is 0.407 e. The lowest BCUT2D eigenvalue weighted by molar-refractivity contribution is -0.137. The van der Waals surface area contributed by atoms with Gasteiger partial charge in [-0.3, -0.25) is 9.59 Å². The number of rotatable bonds is 12. The minimum atomic E-state index is -0.795. The van der Waals surface area contributed by atoms with Gasteiger partial charge in [0.05, 0.1) is 0 Å². The molecule has 186 valence electrons. The highest BCUT2D eigenvalue weighted by molar-refractivity contribution is 5.79. The van der Waals surface area contributed by atoms with Crippen LogP contribution in [0.2, 0.25) is 0 Å². The summed E-state index contributed by atoms with van der Waals surface area (Å²) in [5.41, 5.74) is 4.70. The molecule has 2 aliphatic rings. The second kappa shape index (κ2) is 11.9. The van der Waals surface area contributed by atoms with Crippen molar-refractivity contribution in [3.63, 3.8) is 0 Å². The quantitative estimate of drug-likeness (QED) is 0.379. The Morgan fingerprint density at radius 3 is 2.20 bits per heavy atom. The third-order valence-corrected chi connectivity index (χ3v) is 7.16. The minimum absolute atomic E-state index is 0.000251. The zero-order valence-corrected chi connectivity index (χ0v) is 20.0. The van der Waals surface area contributed by atoms with Crippen molar-refractivity contribution in [2.75, 3.05) is 13.2 Å². The Hall–Kier alpha value is -3.35. The van der Waals surface area contributed by atoms with Crippen LogP contribution in [0.15, 0.2) is 48.5 Å². The molecule has 2 amide bonds. The van der Waals surface area contributed by atoms with Crippen molar-refractivity contribution in [3.05, 3.63) is 59.7 Å². The maximum absolute atomic E-state index is 12.7. The Labute approximate surface area is 206 Å². The summed E-state index contributed by atoms with van der Waals surface area (Å²) >= 11 is 0. The van der Waals surface area contributed by atoms with Crippen molar-refractivity contribution >= 4 is 18.0 Å². The number of fused-ring (bicyclic) bond motifs is 3. The number of carboxylic acid groups (broad SMARTS) is 1. The summed E-state index contributed by atoms with van der Waals surface area (Å²) in [6.45, 7) is 0.764. The predicted molar refractivity (Wildman–Crippen MR) is 133 cm³/mol. The lowest BCUT2D eigenvalue weighted by Crippen LogP contribution is -2.46. The summed E-state index contributed by atoms with van der Waals surface area (Å²) in [6, 6.07) is 16.2. The van der Waals surface area contributed by atoms with Crippen LogP contribution in [0.5, 0.6) is 0 Å². The Balaban J connectivity index is 1.26. The average Bonchev–Trinajstić information content (AvgIpc) is 3.12. The average molecular weight is 479 g/mol. The highest BCUT2D eigenvalue weighted by atomic mass is 16.5. The number of nitrogens with one attached hydrogen (secondary N) is 2. The molecule has 7 nitrogen and oxygen atoms in total. The number of hydrogen-bond acceptors (Lipinski definition) is 4. The number of alkyl carbamates (subject to hydrolysis) is 1. The van der Waals surface area contributed by atoms with Crippen molar-refractivity contribution in [1.29, 1.82) is 0 Å². The van der Waals surface area contributed by atoms with E-state index in [1.807, 2.05) is 24.3 Å². The molecule has 7 heteroatoms. The fraction of sp³-hybridized carbons (Fsp3) is 0.464. The molecule has 4 rings (SSSR count).